The van der Waals surface area contributed by atoms with E-state index in [4.69, 9.17) is 11.0 Å². The molecule has 4 nitrogen and oxygen atoms in total. The van der Waals surface area contributed by atoms with Crippen LogP contribution in [0.4, 0.5) is 55.3 Å². The van der Waals surface area contributed by atoms with E-state index in [-0.39, 0.29) is 22.9 Å². The summed E-state index contributed by atoms with van der Waals surface area (Å²) >= 11 is 0.935. The minimum atomic E-state index is -6.64. The molecule has 2 aromatic carbocycles. The minimum absolute atomic E-state index is 0.0694. The van der Waals surface area contributed by atoms with E-state index in [0.717, 1.165) is 40.8 Å². The first-order valence-electron chi connectivity index (χ1n) is 8.19. The van der Waals surface area contributed by atoms with Gasteiger partial charge >= 0.3 is 24.2 Å². The first-order chi connectivity index (χ1) is 14.8. The van der Waals surface area contributed by atoms with Gasteiger partial charge < -0.3 is 11.1 Å². The van der Waals surface area contributed by atoms with Gasteiger partial charge in [-0.2, -0.15) is 44.8 Å². The Morgan fingerprint density at radius 2 is 1.48 bits per heavy atom. The number of nitrogens with zero attached hydrogens (tertiary/aromatic N) is 1. The monoisotopic (exact) mass is 599 g/mol. The third-order valence-corrected chi connectivity index (χ3v) is 5.10. The van der Waals surface area contributed by atoms with Crippen LogP contribution in [0.2, 0.25) is 0 Å². The lowest BCUT2D eigenvalue weighted by Gasteiger charge is -2.31. The number of benzene rings is 2. The van der Waals surface area contributed by atoms with Crippen LogP contribution < -0.4 is 11.1 Å². The summed E-state index contributed by atoms with van der Waals surface area (Å²) in [6.45, 7) is 0. The van der Waals surface area contributed by atoms with Crippen LogP contribution in [0.1, 0.15) is 27.0 Å². The van der Waals surface area contributed by atoms with E-state index in [1.165, 1.54) is 0 Å². The predicted molar refractivity (Wildman–Crippen MR) is 103 cm³/mol. The first-order valence-corrected chi connectivity index (χ1v) is 9.27. The van der Waals surface area contributed by atoms with Crippen molar-refractivity contribution in [2.45, 2.75) is 24.2 Å². The highest BCUT2D eigenvalue weighted by Gasteiger charge is 2.73. The van der Waals surface area contributed by atoms with E-state index in [0.29, 0.717) is 0 Å². The van der Waals surface area contributed by atoms with Crippen LogP contribution in [-0.2, 0) is 11.8 Å². The molecule has 0 aliphatic carbocycles. The highest BCUT2D eigenvalue weighted by atomic mass is 127. The maximum absolute atomic E-state index is 14.3. The van der Waals surface area contributed by atoms with Crippen molar-refractivity contribution in [1.82, 2.24) is 0 Å². The largest absolute Gasteiger partial charge is 0.435 e. The van der Waals surface area contributed by atoms with Crippen molar-refractivity contribution < 1.29 is 48.7 Å². The van der Waals surface area contributed by atoms with Crippen LogP contribution in [0, 0.1) is 14.9 Å². The average molecular weight is 599 g/mol. The number of anilines is 2. The molecule has 0 aliphatic heterocycles. The fourth-order valence-corrected chi connectivity index (χ4v) is 3.40. The molecule has 0 radical (unpaired) electrons. The second kappa shape index (κ2) is 8.54. The SMILES string of the molecule is N#Cc1ccc(C(=O)Nc2c(I)cc(C(F)(C(F)(F)F)C(F)(F)F)cc2C(F)(F)F)cc1N. The molecule has 0 atom stereocenters. The van der Waals surface area contributed by atoms with Crippen molar-refractivity contribution >= 4 is 39.9 Å². The summed E-state index contributed by atoms with van der Waals surface area (Å²) in [5.41, 5.74) is -6.97. The molecule has 33 heavy (non-hydrogen) atoms. The molecule has 0 saturated carbocycles. The van der Waals surface area contributed by atoms with Crippen molar-refractivity contribution in [2.75, 3.05) is 11.1 Å². The summed E-state index contributed by atoms with van der Waals surface area (Å²) in [4.78, 5) is 12.3. The van der Waals surface area contributed by atoms with Crippen LogP contribution >= 0.6 is 22.6 Å². The number of nitrogen functional groups attached to an aromatic ring is 1. The molecule has 0 unspecified atom stereocenters. The number of carbonyl (C=O) groups is 1. The average Bonchev–Trinajstić information content (AvgIpc) is 2.65. The Balaban J connectivity index is 2.68. The molecule has 3 N–H and O–H groups in total. The highest BCUT2D eigenvalue weighted by molar-refractivity contribution is 14.1. The van der Waals surface area contributed by atoms with Gasteiger partial charge in [-0.05, 0) is 52.9 Å². The molecule has 0 saturated heterocycles. The molecule has 1 amide bonds. The van der Waals surface area contributed by atoms with Gasteiger partial charge in [0, 0.05) is 14.7 Å². The van der Waals surface area contributed by atoms with E-state index in [1.807, 2.05) is 0 Å². The van der Waals surface area contributed by atoms with Crippen molar-refractivity contribution in [1.29, 1.82) is 5.26 Å². The van der Waals surface area contributed by atoms with Crippen molar-refractivity contribution in [2.24, 2.45) is 0 Å². The number of alkyl halides is 10. The minimum Gasteiger partial charge on any atom is -0.398 e. The molecule has 2 aromatic rings. The van der Waals surface area contributed by atoms with Gasteiger partial charge in [-0.15, -0.1) is 0 Å². The number of rotatable bonds is 3. The molecule has 2 rings (SSSR count). The molecule has 0 aliphatic rings. The standard InChI is InChI=1S/C18H8F10IN3O/c19-15(17(23,24)25,18(26,27)28)9-4-10(16(20,21)22)13(11(29)5-9)32-14(33)7-1-2-8(6-30)12(31)3-7/h1-5H,31H2,(H,32,33). The Hall–Kier alpha value is -2.77. The third kappa shape index (κ3) is 4.94. The molecule has 0 aromatic heterocycles. The summed E-state index contributed by atoms with van der Waals surface area (Å²) in [5.74, 6) is -1.28. The number of nitrogens with one attached hydrogen (secondary N) is 1. The molecule has 0 fully saturated rings. The highest BCUT2D eigenvalue weighted by Crippen LogP contribution is 2.54. The summed E-state index contributed by atoms with van der Waals surface area (Å²) in [6.07, 6.45) is -18.9. The van der Waals surface area contributed by atoms with Crippen LogP contribution in [0.25, 0.3) is 0 Å². The molecular weight excluding hydrogens is 591 g/mol. The number of nitriles is 1. The maximum atomic E-state index is 14.3. The van der Waals surface area contributed by atoms with Gasteiger partial charge in [0.05, 0.1) is 22.5 Å². The Labute approximate surface area is 191 Å². The summed E-state index contributed by atoms with van der Waals surface area (Å²) in [6, 6.07) is 3.89. The maximum Gasteiger partial charge on any atom is 0.435 e. The number of hydrogen-bond donors (Lipinski definition) is 2. The third-order valence-electron chi connectivity index (χ3n) is 4.25. The zero-order valence-electron chi connectivity index (χ0n) is 15.5. The normalized spacial score (nSPS) is 12.9. The number of nitrogens with two attached hydrogens (primary N) is 1. The van der Waals surface area contributed by atoms with Crippen molar-refractivity contribution in [3.05, 3.63) is 56.2 Å². The molecule has 0 spiro atoms. The van der Waals surface area contributed by atoms with Crippen LogP contribution in [0.5, 0.6) is 0 Å². The molecule has 178 valence electrons. The van der Waals surface area contributed by atoms with E-state index in [9.17, 15) is 48.7 Å². The number of amides is 1. The molecule has 0 bridgehead atoms. The van der Waals surface area contributed by atoms with Gasteiger partial charge in [-0.3, -0.25) is 4.79 Å². The Kier molecular flexibility index (Phi) is 6.85. The van der Waals surface area contributed by atoms with Crippen molar-refractivity contribution in [3.63, 3.8) is 0 Å². The predicted octanol–water partition coefficient (Wildman–Crippen LogP) is 6.31. The van der Waals surface area contributed by atoms with Gasteiger partial charge in [0.25, 0.3) is 5.91 Å². The zero-order chi connectivity index (χ0) is 25.6. The summed E-state index contributed by atoms with van der Waals surface area (Å²) in [5, 5.41) is 10.5. The lowest BCUT2D eigenvalue weighted by atomic mass is 9.92. The Morgan fingerprint density at radius 3 is 1.91 bits per heavy atom. The quantitative estimate of drug-likeness (QED) is 0.247. The fourth-order valence-electron chi connectivity index (χ4n) is 2.64. The second-order valence-electron chi connectivity index (χ2n) is 6.40. The number of carbonyl (C=O) groups excluding carboxylic acids is 1. The summed E-state index contributed by atoms with van der Waals surface area (Å²) in [7, 11) is 0. The van der Waals surface area contributed by atoms with Gasteiger partial charge in [0.15, 0.2) is 0 Å². The first kappa shape index (κ1) is 26.5. The van der Waals surface area contributed by atoms with Crippen molar-refractivity contribution in [3.8, 4) is 6.07 Å². The van der Waals surface area contributed by atoms with E-state index < -0.39 is 56.6 Å². The second-order valence-corrected chi connectivity index (χ2v) is 7.56. The fraction of sp³-hybridized carbons (Fsp3) is 0.222. The van der Waals surface area contributed by atoms with Crippen LogP contribution in [-0.4, -0.2) is 18.3 Å². The number of hydrogen-bond acceptors (Lipinski definition) is 3. The van der Waals surface area contributed by atoms with Crippen LogP contribution in [0.15, 0.2) is 30.3 Å². The smallest absolute Gasteiger partial charge is 0.398 e. The summed E-state index contributed by atoms with van der Waals surface area (Å²) < 4.78 is 132. The topological polar surface area (TPSA) is 78.9 Å². The van der Waals surface area contributed by atoms with Gasteiger partial charge in [-0.1, -0.05) is 0 Å². The lowest BCUT2D eigenvalue weighted by molar-refractivity contribution is -0.348. The van der Waals surface area contributed by atoms with E-state index >= 15 is 0 Å². The van der Waals surface area contributed by atoms with E-state index in [2.05, 4.69) is 0 Å². The van der Waals surface area contributed by atoms with Gasteiger partial charge in [0.1, 0.15) is 6.07 Å². The van der Waals surface area contributed by atoms with Crippen LogP contribution in [0.3, 0.4) is 0 Å². The Morgan fingerprint density at radius 1 is 0.939 bits per heavy atom. The van der Waals surface area contributed by atoms with E-state index in [1.54, 1.807) is 11.4 Å². The van der Waals surface area contributed by atoms with Gasteiger partial charge in [0.2, 0.25) is 0 Å². The molecule has 0 heterocycles. The number of halogens is 11. The lowest BCUT2D eigenvalue weighted by Crippen LogP contribution is -2.50. The van der Waals surface area contributed by atoms with Gasteiger partial charge in [-0.25, -0.2) is 4.39 Å². The molecule has 15 heteroatoms. The molecular formula is C18H8F10IN3O. The zero-order valence-corrected chi connectivity index (χ0v) is 17.6. The Bertz CT molecular complexity index is 1120.